The molecule has 2 aromatic carbocycles. The van der Waals surface area contributed by atoms with Crippen LogP contribution in [0.15, 0.2) is 51.7 Å². The highest BCUT2D eigenvalue weighted by atomic mass is 35.5. The fourth-order valence-corrected chi connectivity index (χ4v) is 5.39. The zero-order valence-corrected chi connectivity index (χ0v) is 20.3. The fraction of sp³-hybridized carbons (Fsp3) is 0.250. The Morgan fingerprint density at radius 2 is 1.87 bits per heavy atom. The maximum Gasteiger partial charge on any atom is 0.261 e. The molecule has 0 radical (unpaired) electrons. The van der Waals surface area contributed by atoms with Gasteiger partial charge in [-0.05, 0) is 43.2 Å². The molecule has 7 nitrogen and oxygen atoms in total. The molecule has 0 unspecified atom stereocenters. The molecule has 1 amide bonds. The summed E-state index contributed by atoms with van der Waals surface area (Å²) in [5.74, 6) is 0.910. The Labute approximate surface area is 194 Å². The third kappa shape index (κ3) is 6.42. The van der Waals surface area contributed by atoms with Gasteiger partial charge in [0.25, 0.3) is 15.9 Å². The van der Waals surface area contributed by atoms with Gasteiger partial charge in [0.1, 0.15) is 0 Å². The second-order valence-corrected chi connectivity index (χ2v) is 11.5. The standard InChI is InChI=1S/C20H21ClN4O3S3/c1-12(2)11-29-20-24-23-19(30-20)22-18(26)16-10-14(6-9-17(16)21)25-31(27,28)15-7-4-13(3)5-8-15/h4-10,12,25H,11H2,1-3H3,(H,22,23,26). The van der Waals surface area contributed by atoms with Gasteiger partial charge in [-0.1, -0.05) is 66.2 Å². The van der Waals surface area contributed by atoms with Gasteiger partial charge in [0.15, 0.2) is 4.34 Å². The number of hydrogen-bond acceptors (Lipinski definition) is 7. The minimum absolute atomic E-state index is 0.123. The van der Waals surface area contributed by atoms with Crippen LogP contribution in [0.1, 0.15) is 29.8 Å². The smallest absolute Gasteiger partial charge is 0.261 e. The maximum atomic E-state index is 12.7. The van der Waals surface area contributed by atoms with Gasteiger partial charge in [-0.2, -0.15) is 0 Å². The van der Waals surface area contributed by atoms with Gasteiger partial charge >= 0.3 is 0 Å². The summed E-state index contributed by atoms with van der Waals surface area (Å²) in [6.07, 6.45) is 0. The van der Waals surface area contributed by atoms with Crippen LogP contribution in [-0.4, -0.2) is 30.3 Å². The Morgan fingerprint density at radius 3 is 2.55 bits per heavy atom. The third-order valence-corrected chi connectivity index (χ3v) is 8.09. The number of anilines is 2. The normalized spacial score (nSPS) is 11.5. The van der Waals surface area contributed by atoms with Gasteiger partial charge in [0.2, 0.25) is 5.13 Å². The third-order valence-electron chi connectivity index (χ3n) is 3.96. The number of benzene rings is 2. The number of thioether (sulfide) groups is 1. The highest BCUT2D eigenvalue weighted by Gasteiger charge is 2.18. The molecule has 0 bridgehead atoms. The zero-order valence-electron chi connectivity index (χ0n) is 17.0. The van der Waals surface area contributed by atoms with E-state index in [4.69, 9.17) is 11.6 Å². The first kappa shape index (κ1) is 23.5. The van der Waals surface area contributed by atoms with Crippen molar-refractivity contribution in [3.8, 4) is 0 Å². The van der Waals surface area contributed by atoms with Gasteiger partial charge in [-0.25, -0.2) is 8.42 Å². The Morgan fingerprint density at radius 1 is 1.16 bits per heavy atom. The second-order valence-electron chi connectivity index (χ2n) is 7.15. The number of aryl methyl sites for hydroxylation is 1. The predicted molar refractivity (Wildman–Crippen MR) is 127 cm³/mol. The average Bonchev–Trinajstić information content (AvgIpc) is 3.15. The van der Waals surface area contributed by atoms with Crippen molar-refractivity contribution < 1.29 is 13.2 Å². The van der Waals surface area contributed by atoms with E-state index in [-0.39, 0.29) is 21.2 Å². The van der Waals surface area contributed by atoms with Crippen LogP contribution in [0.3, 0.4) is 0 Å². The van der Waals surface area contributed by atoms with Crippen molar-refractivity contribution in [3.05, 3.63) is 58.6 Å². The van der Waals surface area contributed by atoms with Crippen LogP contribution in [0.2, 0.25) is 5.02 Å². The number of halogens is 1. The molecule has 1 aromatic heterocycles. The first-order valence-electron chi connectivity index (χ1n) is 9.31. The number of nitrogens with zero attached hydrogens (tertiary/aromatic N) is 2. The largest absolute Gasteiger partial charge is 0.296 e. The Hall–Kier alpha value is -2.14. The summed E-state index contributed by atoms with van der Waals surface area (Å²) in [5.41, 5.74) is 1.30. The van der Waals surface area contributed by atoms with Gasteiger partial charge < -0.3 is 0 Å². The highest BCUT2D eigenvalue weighted by molar-refractivity contribution is 8.01. The number of aromatic nitrogens is 2. The molecule has 3 aromatic rings. The van der Waals surface area contributed by atoms with E-state index in [9.17, 15) is 13.2 Å². The highest BCUT2D eigenvalue weighted by Crippen LogP contribution is 2.28. The van der Waals surface area contributed by atoms with Crippen LogP contribution in [0.5, 0.6) is 0 Å². The van der Waals surface area contributed by atoms with Gasteiger partial charge in [0, 0.05) is 11.4 Å². The Balaban J connectivity index is 1.74. The number of rotatable bonds is 8. The van der Waals surface area contributed by atoms with E-state index >= 15 is 0 Å². The van der Waals surface area contributed by atoms with Crippen LogP contribution < -0.4 is 10.0 Å². The lowest BCUT2D eigenvalue weighted by atomic mass is 10.2. The van der Waals surface area contributed by atoms with E-state index in [1.165, 1.54) is 41.7 Å². The molecule has 1 heterocycles. The lowest BCUT2D eigenvalue weighted by Gasteiger charge is -2.11. The summed E-state index contributed by atoms with van der Waals surface area (Å²) in [6.45, 7) is 6.09. The van der Waals surface area contributed by atoms with Crippen molar-refractivity contribution in [2.24, 2.45) is 5.92 Å². The molecule has 2 N–H and O–H groups in total. The Kier molecular flexibility index (Phi) is 7.58. The minimum atomic E-state index is -3.80. The summed E-state index contributed by atoms with van der Waals surface area (Å²) in [5, 5.41) is 11.2. The molecule has 3 rings (SSSR count). The number of hydrogen-bond donors (Lipinski definition) is 2. The predicted octanol–water partition coefficient (Wildman–Crippen LogP) is 5.30. The van der Waals surface area contributed by atoms with E-state index in [0.717, 1.165) is 15.7 Å². The van der Waals surface area contributed by atoms with Crippen LogP contribution in [0, 0.1) is 12.8 Å². The zero-order chi connectivity index (χ0) is 22.6. The molecule has 0 saturated carbocycles. The number of carbonyl (C=O) groups is 1. The molecule has 0 saturated heterocycles. The number of amides is 1. The summed E-state index contributed by atoms with van der Waals surface area (Å²) >= 11 is 9.02. The van der Waals surface area contributed by atoms with E-state index < -0.39 is 15.9 Å². The lowest BCUT2D eigenvalue weighted by Crippen LogP contribution is -2.15. The van der Waals surface area contributed by atoms with E-state index in [1.807, 2.05) is 6.92 Å². The van der Waals surface area contributed by atoms with Crippen molar-refractivity contribution in [2.45, 2.75) is 30.0 Å². The summed E-state index contributed by atoms with van der Waals surface area (Å²) in [4.78, 5) is 12.8. The average molecular weight is 497 g/mol. The topological polar surface area (TPSA) is 101 Å². The molecule has 0 aliphatic rings. The SMILES string of the molecule is Cc1ccc(S(=O)(=O)Nc2ccc(Cl)c(C(=O)Nc3nnc(SCC(C)C)s3)c2)cc1. The maximum absolute atomic E-state index is 12.7. The molecule has 0 aliphatic heterocycles. The quantitative estimate of drug-likeness (QED) is 0.324. The van der Waals surface area contributed by atoms with Crippen molar-refractivity contribution >= 4 is 61.4 Å². The molecule has 164 valence electrons. The molecule has 11 heteroatoms. The minimum Gasteiger partial charge on any atom is -0.296 e. The van der Waals surface area contributed by atoms with Crippen molar-refractivity contribution in [2.75, 3.05) is 15.8 Å². The van der Waals surface area contributed by atoms with E-state index in [0.29, 0.717) is 11.0 Å². The summed E-state index contributed by atoms with van der Waals surface area (Å²) in [6, 6.07) is 10.8. The lowest BCUT2D eigenvalue weighted by molar-refractivity contribution is 0.102. The van der Waals surface area contributed by atoms with E-state index in [1.54, 1.807) is 23.9 Å². The molecule has 0 aliphatic carbocycles. The monoisotopic (exact) mass is 496 g/mol. The molecule has 0 atom stereocenters. The fourth-order valence-electron chi connectivity index (χ4n) is 2.42. The first-order valence-corrected chi connectivity index (χ1v) is 13.0. The Bertz CT molecular complexity index is 1180. The van der Waals surface area contributed by atoms with E-state index in [2.05, 4.69) is 34.1 Å². The van der Waals surface area contributed by atoms with Crippen LogP contribution in [0.25, 0.3) is 0 Å². The van der Waals surface area contributed by atoms with Crippen LogP contribution in [-0.2, 0) is 10.0 Å². The van der Waals surface area contributed by atoms with Crippen molar-refractivity contribution in [3.63, 3.8) is 0 Å². The van der Waals surface area contributed by atoms with Gasteiger partial charge in [0.05, 0.1) is 15.5 Å². The number of carbonyl (C=O) groups excluding carboxylic acids is 1. The summed E-state index contributed by atoms with van der Waals surface area (Å²) in [7, 11) is -3.80. The van der Waals surface area contributed by atoms with Crippen LogP contribution >= 0.6 is 34.7 Å². The summed E-state index contributed by atoms with van der Waals surface area (Å²) < 4.78 is 28.5. The first-order chi connectivity index (χ1) is 14.6. The number of nitrogens with one attached hydrogen (secondary N) is 2. The molecular weight excluding hydrogens is 476 g/mol. The second kappa shape index (κ2) is 9.99. The van der Waals surface area contributed by atoms with Crippen LogP contribution in [0.4, 0.5) is 10.8 Å². The molecule has 0 fully saturated rings. The van der Waals surface area contributed by atoms with Crippen molar-refractivity contribution in [1.82, 2.24) is 10.2 Å². The molecule has 0 spiro atoms. The molecular formula is C20H21ClN4O3S3. The van der Waals surface area contributed by atoms with Crippen molar-refractivity contribution in [1.29, 1.82) is 0 Å². The van der Waals surface area contributed by atoms with Gasteiger partial charge in [-0.15, -0.1) is 10.2 Å². The molecule has 31 heavy (non-hydrogen) atoms. The van der Waals surface area contributed by atoms with Gasteiger partial charge in [-0.3, -0.25) is 14.8 Å². The number of sulfonamides is 1.